The molecule has 5 rings (SSSR count). The van der Waals surface area contributed by atoms with Crippen LogP contribution in [-0.4, -0.2) is 63.7 Å². The molecule has 0 aromatic carbocycles. The molecule has 0 saturated heterocycles. The number of hydrogen-bond donors (Lipinski definition) is 3. The Morgan fingerprint density at radius 1 is 1.13 bits per heavy atom. The molecule has 1 unspecified atom stereocenters. The molecule has 0 aliphatic rings. The largest absolute Gasteiger partial charge is 0.387 e. The van der Waals surface area contributed by atoms with Crippen LogP contribution in [0.25, 0.3) is 33.8 Å². The average Bonchev–Trinajstić information content (AvgIpc) is 3.58. The van der Waals surface area contributed by atoms with Gasteiger partial charge in [0, 0.05) is 18.0 Å². The van der Waals surface area contributed by atoms with E-state index < -0.39 is 24.2 Å². The van der Waals surface area contributed by atoms with Gasteiger partial charge in [0.2, 0.25) is 0 Å². The molecule has 5 aromatic rings. The third kappa shape index (κ3) is 5.13. The Kier molecular flexibility index (Phi) is 6.47. The number of nitrogens with zero attached hydrogens (tertiary/aromatic N) is 8. The molecule has 39 heavy (non-hydrogen) atoms. The molecule has 4 N–H and O–H groups in total. The molecular weight excluding hydrogens is 503 g/mol. The summed E-state index contributed by atoms with van der Waals surface area (Å²) in [5, 5.41) is 30.3. The predicted octanol–water partition coefficient (Wildman–Crippen LogP) is 2.33. The molecule has 5 heterocycles. The van der Waals surface area contributed by atoms with Crippen molar-refractivity contribution in [1.82, 2.24) is 39.7 Å². The van der Waals surface area contributed by atoms with E-state index in [9.17, 15) is 19.6 Å². The van der Waals surface area contributed by atoms with Crippen LogP contribution in [0, 0.1) is 11.3 Å². The third-order valence-electron chi connectivity index (χ3n) is 6.02. The van der Waals surface area contributed by atoms with E-state index in [-0.39, 0.29) is 11.4 Å². The van der Waals surface area contributed by atoms with E-state index in [0.29, 0.717) is 39.4 Å². The minimum Gasteiger partial charge on any atom is -0.387 e. The Morgan fingerprint density at radius 2 is 1.92 bits per heavy atom. The maximum atomic E-state index is 14.3. The first-order chi connectivity index (χ1) is 18.6. The highest BCUT2D eigenvalue weighted by atomic mass is 19.1. The molecule has 0 spiro atoms. The third-order valence-corrected chi connectivity index (χ3v) is 6.02. The van der Waals surface area contributed by atoms with Crippen molar-refractivity contribution in [1.29, 1.82) is 5.26 Å². The van der Waals surface area contributed by atoms with Crippen LogP contribution in [0.4, 0.5) is 10.2 Å². The second kappa shape index (κ2) is 9.92. The van der Waals surface area contributed by atoms with Gasteiger partial charge in [-0.25, -0.2) is 18.6 Å². The zero-order chi connectivity index (χ0) is 27.7. The zero-order valence-electron chi connectivity index (χ0n) is 20.9. The summed E-state index contributed by atoms with van der Waals surface area (Å²) in [4.78, 5) is 25.9. The van der Waals surface area contributed by atoms with Crippen LogP contribution in [0.1, 0.15) is 29.8 Å². The predicted molar refractivity (Wildman–Crippen MR) is 139 cm³/mol. The van der Waals surface area contributed by atoms with Gasteiger partial charge < -0.3 is 16.2 Å². The molecule has 196 valence electrons. The number of aromatic nitrogens is 7. The maximum absolute atomic E-state index is 14.3. The summed E-state index contributed by atoms with van der Waals surface area (Å²) < 4.78 is 17.4. The number of nitrogen functional groups attached to an aromatic ring is 1. The van der Waals surface area contributed by atoms with E-state index in [1.807, 2.05) is 0 Å². The second-order valence-corrected chi connectivity index (χ2v) is 9.33. The van der Waals surface area contributed by atoms with Crippen LogP contribution in [-0.2, 0) is 0 Å². The van der Waals surface area contributed by atoms with Crippen molar-refractivity contribution in [3.63, 3.8) is 0 Å². The van der Waals surface area contributed by atoms with Gasteiger partial charge in [-0.15, -0.1) is 0 Å². The molecular formula is C26H23FN10O2. The number of aliphatic hydroxyl groups is 1. The minimum atomic E-state index is -1.69. The zero-order valence-corrected chi connectivity index (χ0v) is 20.9. The van der Waals surface area contributed by atoms with Crippen molar-refractivity contribution in [3.05, 3.63) is 72.6 Å². The number of pyridine rings is 1. The van der Waals surface area contributed by atoms with Gasteiger partial charge in [0.25, 0.3) is 5.91 Å². The first kappa shape index (κ1) is 25.4. The van der Waals surface area contributed by atoms with Crippen LogP contribution in [0.2, 0.25) is 0 Å². The van der Waals surface area contributed by atoms with Gasteiger partial charge in [0.1, 0.15) is 18.1 Å². The van der Waals surface area contributed by atoms with Crippen molar-refractivity contribution in [3.8, 4) is 34.4 Å². The lowest BCUT2D eigenvalue weighted by atomic mass is 10.0. The molecule has 0 aliphatic carbocycles. The first-order valence-corrected chi connectivity index (χ1v) is 11.8. The minimum absolute atomic E-state index is 0.125. The molecule has 0 saturated carbocycles. The van der Waals surface area contributed by atoms with E-state index >= 15 is 0 Å². The van der Waals surface area contributed by atoms with Gasteiger partial charge in [-0.2, -0.15) is 15.5 Å². The number of nitrogens with two attached hydrogens (primary N) is 1. The second-order valence-electron chi connectivity index (χ2n) is 9.33. The monoisotopic (exact) mass is 526 g/mol. The summed E-state index contributed by atoms with van der Waals surface area (Å²) in [5.41, 5.74) is 7.84. The average molecular weight is 527 g/mol. The first-order valence-electron chi connectivity index (χ1n) is 11.8. The lowest BCUT2D eigenvalue weighted by Gasteiger charge is -2.22. The molecule has 5 aromatic heterocycles. The van der Waals surface area contributed by atoms with Crippen LogP contribution in [0.5, 0.6) is 0 Å². The number of carbonyl (C=O) groups is 1. The van der Waals surface area contributed by atoms with Crippen LogP contribution in [0.3, 0.4) is 0 Å². The number of halogens is 1. The Bertz CT molecular complexity index is 1710. The van der Waals surface area contributed by atoms with Gasteiger partial charge in [0.05, 0.1) is 76.3 Å². The fourth-order valence-corrected chi connectivity index (χ4v) is 3.80. The van der Waals surface area contributed by atoms with E-state index in [0.717, 1.165) is 0 Å². The number of fused-ring (bicyclic) bond motifs is 1. The summed E-state index contributed by atoms with van der Waals surface area (Å²) >= 11 is 0. The summed E-state index contributed by atoms with van der Waals surface area (Å²) in [5.74, 6) is -0.326. The van der Waals surface area contributed by atoms with Gasteiger partial charge in [-0.05, 0) is 38.1 Å². The fourth-order valence-electron chi connectivity index (χ4n) is 3.80. The lowest BCUT2D eigenvalue weighted by Crippen LogP contribution is -2.42. The molecule has 0 radical (unpaired) electrons. The number of carbonyl (C=O) groups excluding carboxylic acids is 1. The van der Waals surface area contributed by atoms with Crippen molar-refractivity contribution < 1.29 is 14.3 Å². The van der Waals surface area contributed by atoms with Crippen LogP contribution in [0.15, 0.2) is 61.4 Å². The van der Waals surface area contributed by atoms with Crippen LogP contribution >= 0.6 is 0 Å². The molecule has 12 nitrogen and oxygen atoms in total. The topological polar surface area (TPSA) is 173 Å². The molecule has 1 atom stereocenters. The highest BCUT2D eigenvalue weighted by Gasteiger charge is 2.27. The van der Waals surface area contributed by atoms with Crippen molar-refractivity contribution in [2.45, 2.75) is 25.6 Å². The Balaban J connectivity index is 1.57. The number of alkyl halides is 1. The van der Waals surface area contributed by atoms with Crippen molar-refractivity contribution in [2.24, 2.45) is 0 Å². The van der Waals surface area contributed by atoms with Crippen LogP contribution < -0.4 is 11.1 Å². The smallest absolute Gasteiger partial charge is 0.255 e. The Morgan fingerprint density at radius 3 is 2.64 bits per heavy atom. The number of hydrogen-bond acceptors (Lipinski definition) is 9. The summed E-state index contributed by atoms with van der Waals surface area (Å²) in [6.45, 7) is 2.25. The standard InChI is InChI=1S/C26H23FN10O2/c1-26(2,39)23(27)12-33-25(38)18-10-30-19(21-4-3-17-5-15(7-28)8-35-37(17)21)6-22(18)36-14-16(9-34-36)20-11-32-24(29)13-31-20/h3-6,8-11,13-14,23,39H,12H2,1-2H3,(H2,29,32)(H,33,38). The van der Waals surface area contributed by atoms with Crippen molar-refractivity contribution in [2.75, 3.05) is 12.3 Å². The summed E-state index contributed by atoms with van der Waals surface area (Å²) in [6, 6.07) is 9.01. The Hall–Kier alpha value is -5.22. The summed E-state index contributed by atoms with van der Waals surface area (Å²) in [7, 11) is 0. The number of nitrogens with one attached hydrogen (secondary N) is 1. The Labute approximate surface area is 221 Å². The SMILES string of the molecule is CC(C)(O)C(F)CNC(=O)c1cnc(-c2ccc3cc(C#N)cnn23)cc1-n1cc(-c2cnc(N)cn2)cn1. The van der Waals surface area contributed by atoms with Gasteiger partial charge in [-0.3, -0.25) is 14.8 Å². The molecule has 0 fully saturated rings. The van der Waals surface area contributed by atoms with E-state index in [1.54, 1.807) is 41.2 Å². The normalized spacial score (nSPS) is 12.3. The number of rotatable bonds is 7. The van der Waals surface area contributed by atoms with E-state index in [2.05, 4.69) is 36.5 Å². The lowest BCUT2D eigenvalue weighted by molar-refractivity contribution is -0.00178. The highest BCUT2D eigenvalue weighted by Crippen LogP contribution is 2.26. The number of amides is 1. The van der Waals surface area contributed by atoms with Gasteiger partial charge >= 0.3 is 0 Å². The number of nitriles is 1. The maximum Gasteiger partial charge on any atom is 0.255 e. The highest BCUT2D eigenvalue weighted by molar-refractivity contribution is 5.98. The quantitative estimate of drug-likeness (QED) is 0.288. The van der Waals surface area contributed by atoms with Gasteiger partial charge in [-0.1, -0.05) is 0 Å². The van der Waals surface area contributed by atoms with Gasteiger partial charge in [0.15, 0.2) is 0 Å². The number of anilines is 1. The summed E-state index contributed by atoms with van der Waals surface area (Å²) in [6.07, 6.45) is 7.29. The van der Waals surface area contributed by atoms with Crippen molar-refractivity contribution >= 4 is 17.2 Å². The molecule has 0 aliphatic heterocycles. The molecule has 13 heteroatoms. The van der Waals surface area contributed by atoms with E-state index in [4.69, 9.17) is 5.73 Å². The molecule has 1 amide bonds. The molecule has 0 bridgehead atoms. The van der Waals surface area contributed by atoms with E-state index in [1.165, 1.54) is 43.3 Å². The fraction of sp³-hybridized carbons (Fsp3) is 0.192.